The van der Waals surface area contributed by atoms with Gasteiger partial charge < -0.3 is 10.6 Å². The average molecular weight is 387 g/mol. The van der Waals surface area contributed by atoms with E-state index < -0.39 is 0 Å². The van der Waals surface area contributed by atoms with E-state index >= 15 is 0 Å². The Morgan fingerprint density at radius 3 is 2.38 bits per heavy atom. The SMILES string of the molecule is CC[C@@H]([NH2+][C@@H](C)C(=O)Nc1ccc(C#N)cc1)c1ccc(Br)cc1. The number of rotatable bonds is 6. The highest BCUT2D eigenvalue weighted by Crippen LogP contribution is 2.17. The van der Waals surface area contributed by atoms with Crippen LogP contribution in [0.3, 0.4) is 0 Å². The van der Waals surface area contributed by atoms with Gasteiger partial charge in [0.15, 0.2) is 6.04 Å². The molecule has 0 radical (unpaired) electrons. The highest BCUT2D eigenvalue weighted by molar-refractivity contribution is 9.10. The van der Waals surface area contributed by atoms with Gasteiger partial charge in [-0.2, -0.15) is 5.26 Å². The maximum absolute atomic E-state index is 12.4. The highest BCUT2D eigenvalue weighted by Gasteiger charge is 2.22. The van der Waals surface area contributed by atoms with E-state index in [0.717, 1.165) is 10.9 Å². The van der Waals surface area contributed by atoms with Crippen molar-refractivity contribution in [3.63, 3.8) is 0 Å². The molecule has 0 aromatic heterocycles. The molecule has 0 spiro atoms. The van der Waals surface area contributed by atoms with Crippen LogP contribution in [-0.4, -0.2) is 11.9 Å². The Labute approximate surface area is 151 Å². The molecule has 0 saturated carbocycles. The summed E-state index contributed by atoms with van der Waals surface area (Å²) in [7, 11) is 0. The number of carbonyl (C=O) groups excluding carboxylic acids is 1. The van der Waals surface area contributed by atoms with Crippen molar-refractivity contribution in [1.82, 2.24) is 0 Å². The predicted molar refractivity (Wildman–Crippen MR) is 98.3 cm³/mol. The normalized spacial score (nSPS) is 12.9. The fourth-order valence-corrected chi connectivity index (χ4v) is 2.78. The number of benzene rings is 2. The second-order valence-corrected chi connectivity index (χ2v) is 6.64. The monoisotopic (exact) mass is 386 g/mol. The van der Waals surface area contributed by atoms with Crippen molar-refractivity contribution < 1.29 is 10.1 Å². The molecular weight excluding hydrogens is 366 g/mol. The van der Waals surface area contributed by atoms with E-state index in [9.17, 15) is 4.79 Å². The van der Waals surface area contributed by atoms with E-state index in [4.69, 9.17) is 5.26 Å². The molecule has 5 heteroatoms. The maximum Gasteiger partial charge on any atom is 0.282 e. The van der Waals surface area contributed by atoms with Crippen LogP contribution in [0.1, 0.15) is 37.4 Å². The second-order valence-electron chi connectivity index (χ2n) is 5.73. The molecule has 2 aromatic carbocycles. The van der Waals surface area contributed by atoms with E-state index in [1.807, 2.05) is 19.1 Å². The van der Waals surface area contributed by atoms with Crippen LogP contribution in [0.2, 0.25) is 0 Å². The van der Waals surface area contributed by atoms with E-state index in [0.29, 0.717) is 11.3 Å². The van der Waals surface area contributed by atoms with E-state index in [2.05, 4.69) is 51.7 Å². The van der Waals surface area contributed by atoms with Crippen LogP contribution in [0, 0.1) is 11.3 Å². The van der Waals surface area contributed by atoms with Crippen LogP contribution in [0.4, 0.5) is 5.69 Å². The van der Waals surface area contributed by atoms with Gasteiger partial charge in [0.25, 0.3) is 5.91 Å². The summed E-state index contributed by atoms with van der Waals surface area (Å²) in [5.74, 6) is -0.0460. The number of nitriles is 1. The quantitative estimate of drug-likeness (QED) is 0.798. The van der Waals surface area contributed by atoms with Crippen molar-refractivity contribution in [2.45, 2.75) is 32.4 Å². The van der Waals surface area contributed by atoms with Gasteiger partial charge in [-0.3, -0.25) is 4.79 Å². The third-order valence-corrected chi connectivity index (χ3v) is 4.48. The van der Waals surface area contributed by atoms with Gasteiger partial charge in [0.2, 0.25) is 0 Å². The zero-order valence-electron chi connectivity index (χ0n) is 13.8. The third-order valence-electron chi connectivity index (χ3n) is 3.95. The molecule has 2 atom stereocenters. The largest absolute Gasteiger partial charge is 0.330 e. The van der Waals surface area contributed by atoms with Crippen LogP contribution >= 0.6 is 15.9 Å². The molecule has 0 aliphatic heterocycles. The molecule has 3 N–H and O–H groups in total. The van der Waals surface area contributed by atoms with Gasteiger partial charge in [0, 0.05) is 22.1 Å². The van der Waals surface area contributed by atoms with Crippen molar-refractivity contribution >= 4 is 27.5 Å². The predicted octanol–water partition coefficient (Wildman–Crippen LogP) is 3.36. The first-order valence-electron chi connectivity index (χ1n) is 7.95. The van der Waals surface area contributed by atoms with Gasteiger partial charge in [-0.25, -0.2) is 0 Å². The topological polar surface area (TPSA) is 69.5 Å². The lowest BCUT2D eigenvalue weighted by atomic mass is 10.0. The number of amides is 1. The second kappa shape index (κ2) is 8.62. The molecule has 0 aliphatic rings. The van der Waals surface area contributed by atoms with Crippen molar-refractivity contribution in [1.29, 1.82) is 5.26 Å². The van der Waals surface area contributed by atoms with Crippen LogP contribution in [0.15, 0.2) is 53.0 Å². The molecule has 4 nitrogen and oxygen atoms in total. The molecule has 124 valence electrons. The molecule has 0 unspecified atom stereocenters. The fourth-order valence-electron chi connectivity index (χ4n) is 2.51. The summed E-state index contributed by atoms with van der Waals surface area (Å²) < 4.78 is 1.05. The molecule has 24 heavy (non-hydrogen) atoms. The molecule has 0 fully saturated rings. The summed E-state index contributed by atoms with van der Waals surface area (Å²) in [6.07, 6.45) is 0.941. The number of hydrogen-bond donors (Lipinski definition) is 2. The summed E-state index contributed by atoms with van der Waals surface area (Å²) in [5, 5.41) is 13.8. The Kier molecular flexibility index (Phi) is 6.53. The van der Waals surface area contributed by atoms with Gasteiger partial charge in [0.1, 0.15) is 6.04 Å². The standard InChI is InChI=1S/C19H20BrN3O/c1-3-18(15-6-8-16(20)9-7-15)22-13(2)19(24)23-17-10-4-14(12-21)5-11-17/h4-11,13,18,22H,3H2,1-2H3,(H,23,24)/p+1/t13-,18+/m0/s1. The van der Waals surface area contributed by atoms with E-state index in [1.165, 1.54) is 5.56 Å². The minimum absolute atomic E-state index is 0.0460. The van der Waals surface area contributed by atoms with Crippen molar-refractivity contribution in [3.05, 3.63) is 64.1 Å². The minimum Gasteiger partial charge on any atom is -0.330 e. The first-order chi connectivity index (χ1) is 11.5. The number of anilines is 1. The van der Waals surface area contributed by atoms with Crippen molar-refractivity contribution in [2.24, 2.45) is 0 Å². The van der Waals surface area contributed by atoms with Gasteiger partial charge in [-0.1, -0.05) is 35.0 Å². The number of hydrogen-bond acceptors (Lipinski definition) is 2. The zero-order valence-corrected chi connectivity index (χ0v) is 15.4. The molecule has 0 aliphatic carbocycles. The highest BCUT2D eigenvalue weighted by atomic mass is 79.9. The molecule has 2 aromatic rings. The summed E-state index contributed by atoms with van der Waals surface area (Å²) in [6.45, 7) is 4.02. The number of nitrogens with two attached hydrogens (primary N) is 1. The number of quaternary nitrogens is 1. The summed E-state index contributed by atoms with van der Waals surface area (Å²) in [6, 6.07) is 17.2. The fraction of sp³-hybridized carbons (Fsp3) is 0.263. The van der Waals surface area contributed by atoms with Crippen LogP contribution in [0.25, 0.3) is 0 Å². The molecule has 2 rings (SSSR count). The number of nitrogens with zero attached hydrogens (tertiary/aromatic N) is 1. The van der Waals surface area contributed by atoms with Crippen LogP contribution in [-0.2, 0) is 4.79 Å². The summed E-state index contributed by atoms with van der Waals surface area (Å²) in [4.78, 5) is 12.4. The Hall–Kier alpha value is -2.16. The Bertz CT molecular complexity index is 720. The lowest BCUT2D eigenvalue weighted by Crippen LogP contribution is -2.92. The molecular formula is C19H21BrN3O+. The van der Waals surface area contributed by atoms with Gasteiger partial charge in [0.05, 0.1) is 11.6 Å². The number of halogens is 1. The van der Waals surface area contributed by atoms with E-state index in [-0.39, 0.29) is 18.0 Å². The first kappa shape index (κ1) is 18.2. The van der Waals surface area contributed by atoms with Crippen molar-refractivity contribution in [2.75, 3.05) is 5.32 Å². The molecule has 0 bridgehead atoms. The lowest BCUT2D eigenvalue weighted by Gasteiger charge is -2.19. The molecule has 1 amide bonds. The average Bonchev–Trinajstić information content (AvgIpc) is 2.61. The summed E-state index contributed by atoms with van der Waals surface area (Å²) in [5.41, 5.74) is 2.49. The van der Waals surface area contributed by atoms with Gasteiger partial charge in [-0.05, 0) is 43.3 Å². The Balaban J connectivity index is 1.98. The molecule has 0 saturated heterocycles. The number of carbonyl (C=O) groups is 1. The Morgan fingerprint density at radius 2 is 1.83 bits per heavy atom. The van der Waals surface area contributed by atoms with Crippen LogP contribution in [0.5, 0.6) is 0 Å². The molecule has 0 heterocycles. The number of nitrogens with one attached hydrogen (secondary N) is 1. The third kappa shape index (κ3) is 4.92. The zero-order chi connectivity index (χ0) is 17.5. The van der Waals surface area contributed by atoms with E-state index in [1.54, 1.807) is 24.3 Å². The van der Waals surface area contributed by atoms with Gasteiger partial charge in [-0.15, -0.1) is 0 Å². The first-order valence-corrected chi connectivity index (χ1v) is 8.74. The minimum atomic E-state index is -0.214. The van der Waals surface area contributed by atoms with Gasteiger partial charge >= 0.3 is 0 Å². The summed E-state index contributed by atoms with van der Waals surface area (Å²) >= 11 is 3.44. The maximum atomic E-state index is 12.4. The Morgan fingerprint density at radius 1 is 1.21 bits per heavy atom. The smallest absolute Gasteiger partial charge is 0.282 e. The van der Waals surface area contributed by atoms with Crippen LogP contribution < -0.4 is 10.6 Å². The lowest BCUT2D eigenvalue weighted by molar-refractivity contribution is -0.713. The van der Waals surface area contributed by atoms with Crippen molar-refractivity contribution in [3.8, 4) is 6.07 Å².